The summed E-state index contributed by atoms with van der Waals surface area (Å²) in [5, 5.41) is 15.9. The van der Waals surface area contributed by atoms with E-state index in [2.05, 4.69) is 194 Å². The van der Waals surface area contributed by atoms with Gasteiger partial charge in [-0.05, 0) is 86.9 Å². The average Bonchev–Trinajstić information content (AvgIpc) is 3.18. The van der Waals surface area contributed by atoms with Crippen LogP contribution in [0.3, 0.4) is 0 Å². The Morgan fingerprint density at radius 1 is 0.167 bits per heavy atom. The maximum atomic E-state index is 2.25. The third kappa shape index (κ3) is 4.62. The Bertz CT molecular complexity index is 2470. The highest BCUT2D eigenvalue weighted by Crippen LogP contribution is 2.41. The molecular weight excluding hydrogens is 577 g/mol. The lowest BCUT2D eigenvalue weighted by atomic mass is 9.89. The molecule has 48 heavy (non-hydrogen) atoms. The largest absolute Gasteiger partial charge is 0.0622 e. The second-order valence-corrected chi connectivity index (χ2v) is 12.4. The highest BCUT2D eigenvalue weighted by molar-refractivity contribution is 6.29. The van der Waals surface area contributed by atoms with Gasteiger partial charge in [-0.25, -0.2) is 0 Å². The summed E-state index contributed by atoms with van der Waals surface area (Å²) in [6.45, 7) is 0. The molecular formula is C48H32. The highest BCUT2D eigenvalue weighted by Gasteiger charge is 2.13. The van der Waals surface area contributed by atoms with Gasteiger partial charge in [0.2, 0.25) is 0 Å². The van der Waals surface area contributed by atoms with Crippen LogP contribution in [0, 0.1) is 0 Å². The SMILES string of the molecule is c1ccc(-c2cccc3c4ccccc4c4ccccc4c23)cc1.c1ccc(-c2cccc3c4ccccc4c4ccccc4c23)cc1. The van der Waals surface area contributed by atoms with Gasteiger partial charge in [0.15, 0.2) is 0 Å². The molecule has 0 unspecified atom stereocenters. The second-order valence-electron chi connectivity index (χ2n) is 12.4. The van der Waals surface area contributed by atoms with Crippen molar-refractivity contribution in [2.45, 2.75) is 0 Å². The zero-order valence-electron chi connectivity index (χ0n) is 26.5. The summed E-state index contributed by atoms with van der Waals surface area (Å²) >= 11 is 0. The summed E-state index contributed by atoms with van der Waals surface area (Å²) in [6, 6.07) is 69.6. The maximum absolute atomic E-state index is 2.25. The third-order valence-electron chi connectivity index (χ3n) is 9.71. The van der Waals surface area contributed by atoms with Crippen LogP contribution in [0.5, 0.6) is 0 Å². The third-order valence-corrected chi connectivity index (χ3v) is 9.71. The molecule has 0 saturated heterocycles. The van der Waals surface area contributed by atoms with Crippen LogP contribution in [0.2, 0.25) is 0 Å². The number of fused-ring (bicyclic) bond motifs is 12. The quantitative estimate of drug-likeness (QED) is 0.171. The van der Waals surface area contributed by atoms with E-state index in [0.717, 1.165) is 0 Å². The fraction of sp³-hybridized carbons (Fsp3) is 0. The molecule has 0 radical (unpaired) electrons. The fourth-order valence-electron chi connectivity index (χ4n) is 7.63. The molecule has 0 amide bonds. The minimum Gasteiger partial charge on any atom is -0.0622 e. The Labute approximate surface area is 280 Å². The van der Waals surface area contributed by atoms with Crippen molar-refractivity contribution in [1.29, 1.82) is 0 Å². The first kappa shape index (κ1) is 28.0. The van der Waals surface area contributed by atoms with Crippen molar-refractivity contribution >= 4 is 64.6 Å². The summed E-state index contributed by atoms with van der Waals surface area (Å²) < 4.78 is 0. The monoisotopic (exact) mass is 608 g/mol. The number of rotatable bonds is 2. The van der Waals surface area contributed by atoms with Crippen LogP contribution in [0.4, 0.5) is 0 Å². The Kier molecular flexibility index (Phi) is 6.91. The van der Waals surface area contributed by atoms with Gasteiger partial charge in [-0.1, -0.05) is 194 Å². The van der Waals surface area contributed by atoms with Gasteiger partial charge in [0, 0.05) is 0 Å². The lowest BCUT2D eigenvalue weighted by Gasteiger charge is -2.14. The van der Waals surface area contributed by atoms with Gasteiger partial charge in [-0.15, -0.1) is 0 Å². The van der Waals surface area contributed by atoms with E-state index in [0.29, 0.717) is 0 Å². The van der Waals surface area contributed by atoms with Crippen molar-refractivity contribution in [2.75, 3.05) is 0 Å². The minimum absolute atomic E-state index is 1.27. The molecule has 0 fully saturated rings. The molecule has 0 heterocycles. The molecule has 10 aromatic rings. The molecule has 0 aromatic heterocycles. The standard InChI is InChI=1S/2C24H16/c2*1-2-9-17(10-3-1)18-15-8-16-23-21-12-5-4-11-19(21)20-13-6-7-14-22(20)24(18)23/h2*1-16H. The molecule has 0 bridgehead atoms. The van der Waals surface area contributed by atoms with Gasteiger partial charge in [0.05, 0.1) is 0 Å². The normalized spacial score (nSPS) is 11.3. The van der Waals surface area contributed by atoms with Gasteiger partial charge in [0.25, 0.3) is 0 Å². The van der Waals surface area contributed by atoms with Gasteiger partial charge in [-0.2, -0.15) is 0 Å². The van der Waals surface area contributed by atoms with Crippen LogP contribution in [-0.4, -0.2) is 0 Å². The Morgan fingerprint density at radius 2 is 0.396 bits per heavy atom. The summed E-state index contributed by atoms with van der Waals surface area (Å²) in [6.07, 6.45) is 0. The zero-order valence-corrected chi connectivity index (χ0v) is 26.5. The van der Waals surface area contributed by atoms with E-state index < -0.39 is 0 Å². The van der Waals surface area contributed by atoms with E-state index in [4.69, 9.17) is 0 Å². The molecule has 0 N–H and O–H groups in total. The smallest absolute Gasteiger partial charge is 0.00204 e. The fourth-order valence-corrected chi connectivity index (χ4v) is 7.63. The van der Waals surface area contributed by atoms with Crippen molar-refractivity contribution in [3.05, 3.63) is 194 Å². The molecule has 10 rings (SSSR count). The number of hydrogen-bond donors (Lipinski definition) is 0. The first-order valence-electron chi connectivity index (χ1n) is 16.6. The second kappa shape index (κ2) is 11.8. The van der Waals surface area contributed by atoms with Crippen molar-refractivity contribution in [3.8, 4) is 22.3 Å². The van der Waals surface area contributed by atoms with E-state index in [1.165, 1.54) is 86.9 Å². The molecule has 0 atom stereocenters. The maximum Gasteiger partial charge on any atom is -0.00204 e. The van der Waals surface area contributed by atoms with E-state index >= 15 is 0 Å². The van der Waals surface area contributed by atoms with Gasteiger partial charge in [0.1, 0.15) is 0 Å². The summed E-state index contributed by atoms with van der Waals surface area (Å²) in [5.74, 6) is 0. The molecule has 0 aliphatic heterocycles. The Balaban J connectivity index is 0.000000131. The van der Waals surface area contributed by atoms with E-state index in [-0.39, 0.29) is 0 Å². The van der Waals surface area contributed by atoms with Crippen LogP contribution >= 0.6 is 0 Å². The van der Waals surface area contributed by atoms with Crippen LogP contribution in [0.1, 0.15) is 0 Å². The molecule has 0 saturated carbocycles. The molecule has 0 spiro atoms. The van der Waals surface area contributed by atoms with Crippen LogP contribution in [0.25, 0.3) is 86.9 Å². The minimum atomic E-state index is 1.27. The van der Waals surface area contributed by atoms with E-state index in [1.807, 2.05) is 0 Å². The zero-order chi connectivity index (χ0) is 31.9. The molecule has 10 aromatic carbocycles. The van der Waals surface area contributed by atoms with Crippen LogP contribution < -0.4 is 0 Å². The first-order chi connectivity index (χ1) is 23.9. The molecule has 0 nitrogen and oxygen atoms in total. The van der Waals surface area contributed by atoms with Crippen molar-refractivity contribution in [1.82, 2.24) is 0 Å². The summed E-state index contributed by atoms with van der Waals surface area (Å²) in [5.41, 5.74) is 5.14. The van der Waals surface area contributed by atoms with Crippen molar-refractivity contribution < 1.29 is 0 Å². The molecule has 0 heteroatoms. The van der Waals surface area contributed by atoms with Crippen LogP contribution in [-0.2, 0) is 0 Å². The lowest BCUT2D eigenvalue weighted by molar-refractivity contribution is 1.66. The number of benzene rings is 10. The topological polar surface area (TPSA) is 0 Å². The van der Waals surface area contributed by atoms with Gasteiger partial charge < -0.3 is 0 Å². The molecule has 0 aliphatic carbocycles. The first-order valence-corrected chi connectivity index (χ1v) is 16.6. The Morgan fingerprint density at radius 3 is 0.708 bits per heavy atom. The highest BCUT2D eigenvalue weighted by atomic mass is 14.2. The van der Waals surface area contributed by atoms with Gasteiger partial charge >= 0.3 is 0 Å². The predicted octanol–water partition coefficient (Wildman–Crippen LogP) is 13.6. The lowest BCUT2D eigenvalue weighted by Crippen LogP contribution is -1.86. The van der Waals surface area contributed by atoms with Crippen LogP contribution in [0.15, 0.2) is 194 Å². The number of hydrogen-bond acceptors (Lipinski definition) is 0. The summed E-state index contributed by atoms with van der Waals surface area (Å²) in [7, 11) is 0. The Hall–Kier alpha value is -6.24. The average molecular weight is 609 g/mol. The van der Waals surface area contributed by atoms with Crippen molar-refractivity contribution in [2.24, 2.45) is 0 Å². The molecule has 224 valence electrons. The van der Waals surface area contributed by atoms with Gasteiger partial charge in [-0.3, -0.25) is 0 Å². The van der Waals surface area contributed by atoms with Crippen molar-refractivity contribution in [3.63, 3.8) is 0 Å². The van der Waals surface area contributed by atoms with E-state index in [9.17, 15) is 0 Å². The molecule has 0 aliphatic rings. The predicted molar refractivity (Wildman–Crippen MR) is 209 cm³/mol. The van der Waals surface area contributed by atoms with E-state index in [1.54, 1.807) is 0 Å². The summed E-state index contributed by atoms with van der Waals surface area (Å²) in [4.78, 5) is 0.